The number of carbonyl (C=O) groups is 2. The molecule has 0 aromatic heterocycles. The molecule has 2 N–H and O–H groups in total. The standard InChI is InChI=1S/C18H34N2O3/c1-13(2)10-14(11-16(21)23-18(3,4)5)12-20-17(22)15-8-6-7-9-19-15/h13-15,19H,6-12H2,1-5H3,(H,20,22). The third-order valence-electron chi connectivity index (χ3n) is 3.87. The molecule has 5 nitrogen and oxygen atoms in total. The molecule has 1 aliphatic heterocycles. The Morgan fingerprint density at radius 3 is 2.48 bits per heavy atom. The fourth-order valence-corrected chi connectivity index (χ4v) is 2.97. The van der Waals surface area contributed by atoms with Gasteiger partial charge in [0.15, 0.2) is 0 Å². The molecule has 1 amide bonds. The van der Waals surface area contributed by atoms with Crippen molar-refractivity contribution in [3.63, 3.8) is 0 Å². The Morgan fingerprint density at radius 2 is 1.96 bits per heavy atom. The lowest BCUT2D eigenvalue weighted by Gasteiger charge is -2.25. The summed E-state index contributed by atoms with van der Waals surface area (Å²) in [5.41, 5.74) is -0.464. The predicted molar refractivity (Wildman–Crippen MR) is 92.1 cm³/mol. The van der Waals surface area contributed by atoms with Crippen LogP contribution in [0.5, 0.6) is 0 Å². The van der Waals surface area contributed by atoms with Crippen LogP contribution in [0, 0.1) is 11.8 Å². The van der Waals surface area contributed by atoms with Crippen LogP contribution < -0.4 is 10.6 Å². The largest absolute Gasteiger partial charge is 0.460 e. The van der Waals surface area contributed by atoms with Gasteiger partial charge in [-0.2, -0.15) is 0 Å². The van der Waals surface area contributed by atoms with Crippen LogP contribution in [0.3, 0.4) is 0 Å². The lowest BCUT2D eigenvalue weighted by Crippen LogP contribution is -2.47. The van der Waals surface area contributed by atoms with E-state index in [1.54, 1.807) is 0 Å². The maximum atomic E-state index is 12.2. The van der Waals surface area contributed by atoms with E-state index in [4.69, 9.17) is 4.74 Å². The number of ether oxygens (including phenoxy) is 1. The molecular weight excluding hydrogens is 292 g/mol. The van der Waals surface area contributed by atoms with Crippen LogP contribution in [-0.2, 0) is 14.3 Å². The smallest absolute Gasteiger partial charge is 0.306 e. The average molecular weight is 326 g/mol. The molecule has 5 heteroatoms. The molecule has 134 valence electrons. The molecule has 2 unspecified atom stereocenters. The van der Waals surface area contributed by atoms with Crippen molar-refractivity contribution in [1.82, 2.24) is 10.6 Å². The Balaban J connectivity index is 2.46. The first-order chi connectivity index (χ1) is 10.7. The molecule has 0 aromatic carbocycles. The number of hydrogen-bond acceptors (Lipinski definition) is 4. The summed E-state index contributed by atoms with van der Waals surface area (Å²) in [6.45, 7) is 11.3. The van der Waals surface area contributed by atoms with Gasteiger partial charge in [-0.3, -0.25) is 9.59 Å². The zero-order valence-corrected chi connectivity index (χ0v) is 15.4. The summed E-state index contributed by atoms with van der Waals surface area (Å²) in [5.74, 6) is 0.473. The molecule has 0 spiro atoms. The van der Waals surface area contributed by atoms with Crippen LogP contribution in [0.25, 0.3) is 0 Å². The normalized spacial score (nSPS) is 20.2. The highest BCUT2D eigenvalue weighted by Crippen LogP contribution is 2.18. The van der Waals surface area contributed by atoms with E-state index in [2.05, 4.69) is 24.5 Å². The fourth-order valence-electron chi connectivity index (χ4n) is 2.97. The lowest BCUT2D eigenvalue weighted by atomic mass is 9.93. The summed E-state index contributed by atoms with van der Waals surface area (Å²) in [6, 6.07) is -0.0787. The van der Waals surface area contributed by atoms with E-state index >= 15 is 0 Å². The summed E-state index contributed by atoms with van der Waals surface area (Å²) in [4.78, 5) is 24.3. The molecule has 2 atom stereocenters. The number of nitrogens with one attached hydrogen (secondary N) is 2. The maximum Gasteiger partial charge on any atom is 0.306 e. The van der Waals surface area contributed by atoms with Gasteiger partial charge < -0.3 is 15.4 Å². The Morgan fingerprint density at radius 1 is 1.26 bits per heavy atom. The van der Waals surface area contributed by atoms with Crippen molar-refractivity contribution in [2.24, 2.45) is 11.8 Å². The van der Waals surface area contributed by atoms with E-state index in [1.807, 2.05) is 20.8 Å². The predicted octanol–water partition coefficient (Wildman–Crippen LogP) is 2.64. The minimum Gasteiger partial charge on any atom is -0.460 e. The van der Waals surface area contributed by atoms with E-state index in [1.165, 1.54) is 0 Å². The van der Waals surface area contributed by atoms with Gasteiger partial charge in [0.2, 0.25) is 5.91 Å². The molecular formula is C18H34N2O3. The van der Waals surface area contributed by atoms with Gasteiger partial charge in [-0.25, -0.2) is 0 Å². The second-order valence-electron chi connectivity index (χ2n) is 8.03. The second kappa shape index (κ2) is 9.26. The van der Waals surface area contributed by atoms with Gasteiger partial charge in [-0.1, -0.05) is 20.3 Å². The number of carbonyl (C=O) groups excluding carboxylic acids is 2. The topological polar surface area (TPSA) is 67.4 Å². The molecule has 1 rings (SSSR count). The van der Waals surface area contributed by atoms with Crippen LogP contribution >= 0.6 is 0 Å². The van der Waals surface area contributed by atoms with Gasteiger partial charge in [0.25, 0.3) is 0 Å². The number of hydrogen-bond donors (Lipinski definition) is 2. The SMILES string of the molecule is CC(C)CC(CNC(=O)C1CCCCN1)CC(=O)OC(C)(C)C. The minimum atomic E-state index is -0.464. The van der Waals surface area contributed by atoms with Gasteiger partial charge in [0.1, 0.15) is 5.60 Å². The second-order valence-corrected chi connectivity index (χ2v) is 8.03. The van der Waals surface area contributed by atoms with E-state index in [0.717, 1.165) is 32.2 Å². The van der Waals surface area contributed by atoms with Gasteiger partial charge in [0.05, 0.1) is 12.5 Å². The molecule has 1 saturated heterocycles. The number of rotatable bonds is 7. The van der Waals surface area contributed by atoms with Gasteiger partial charge >= 0.3 is 5.97 Å². The minimum absolute atomic E-state index is 0.0580. The van der Waals surface area contributed by atoms with E-state index in [-0.39, 0.29) is 23.8 Å². The van der Waals surface area contributed by atoms with Crippen LogP contribution in [-0.4, -0.2) is 36.6 Å². The highest BCUT2D eigenvalue weighted by Gasteiger charge is 2.24. The van der Waals surface area contributed by atoms with Crippen LogP contribution in [0.4, 0.5) is 0 Å². The summed E-state index contributed by atoms with van der Waals surface area (Å²) in [6.07, 6.45) is 4.38. The summed E-state index contributed by atoms with van der Waals surface area (Å²) in [5, 5.41) is 6.27. The van der Waals surface area contributed by atoms with Gasteiger partial charge in [0, 0.05) is 6.54 Å². The van der Waals surface area contributed by atoms with E-state index < -0.39 is 5.60 Å². The van der Waals surface area contributed by atoms with Crippen molar-refractivity contribution >= 4 is 11.9 Å². The first-order valence-electron chi connectivity index (χ1n) is 8.90. The molecule has 1 fully saturated rings. The number of esters is 1. The van der Waals surface area contributed by atoms with Gasteiger partial charge in [-0.05, 0) is 58.4 Å². The van der Waals surface area contributed by atoms with Gasteiger partial charge in [-0.15, -0.1) is 0 Å². The Hall–Kier alpha value is -1.10. The Bertz CT molecular complexity index is 382. The quantitative estimate of drug-likeness (QED) is 0.706. The number of piperidine rings is 1. The van der Waals surface area contributed by atoms with Crippen molar-refractivity contribution in [3.05, 3.63) is 0 Å². The Labute approximate surface area is 140 Å². The number of amides is 1. The summed E-state index contributed by atoms with van der Waals surface area (Å²) >= 11 is 0. The van der Waals surface area contributed by atoms with Crippen LogP contribution in [0.1, 0.15) is 66.7 Å². The zero-order chi connectivity index (χ0) is 17.5. The highest BCUT2D eigenvalue weighted by molar-refractivity contribution is 5.81. The molecule has 1 aliphatic rings. The van der Waals surface area contributed by atoms with Crippen molar-refractivity contribution in [1.29, 1.82) is 0 Å². The molecule has 0 radical (unpaired) electrons. The molecule has 23 heavy (non-hydrogen) atoms. The molecule has 1 heterocycles. The Kier molecular flexibility index (Phi) is 8.03. The molecule has 0 saturated carbocycles. The summed E-state index contributed by atoms with van der Waals surface area (Å²) < 4.78 is 5.41. The average Bonchev–Trinajstić information content (AvgIpc) is 2.42. The van der Waals surface area contributed by atoms with Crippen molar-refractivity contribution in [2.75, 3.05) is 13.1 Å². The monoisotopic (exact) mass is 326 g/mol. The van der Waals surface area contributed by atoms with E-state index in [0.29, 0.717) is 18.9 Å². The van der Waals surface area contributed by atoms with Crippen molar-refractivity contribution in [2.45, 2.75) is 78.4 Å². The fraction of sp³-hybridized carbons (Fsp3) is 0.889. The first kappa shape index (κ1) is 19.9. The third-order valence-corrected chi connectivity index (χ3v) is 3.87. The van der Waals surface area contributed by atoms with E-state index in [9.17, 15) is 9.59 Å². The molecule has 0 aliphatic carbocycles. The first-order valence-corrected chi connectivity index (χ1v) is 8.90. The molecule has 0 bridgehead atoms. The maximum absolute atomic E-state index is 12.2. The van der Waals surface area contributed by atoms with Crippen LogP contribution in [0.2, 0.25) is 0 Å². The lowest BCUT2D eigenvalue weighted by molar-refractivity contribution is -0.156. The van der Waals surface area contributed by atoms with Crippen molar-refractivity contribution in [3.8, 4) is 0 Å². The zero-order valence-electron chi connectivity index (χ0n) is 15.4. The highest BCUT2D eigenvalue weighted by atomic mass is 16.6. The molecule has 0 aromatic rings. The van der Waals surface area contributed by atoms with Crippen LogP contribution in [0.15, 0.2) is 0 Å². The third kappa shape index (κ3) is 8.94. The summed E-state index contributed by atoms with van der Waals surface area (Å²) in [7, 11) is 0. The van der Waals surface area contributed by atoms with Crippen molar-refractivity contribution < 1.29 is 14.3 Å².